The van der Waals surface area contributed by atoms with Gasteiger partial charge in [-0.1, -0.05) is 19.8 Å². The number of carboxylic acids is 1. The van der Waals surface area contributed by atoms with Gasteiger partial charge in [-0.2, -0.15) is 0 Å². The molecule has 1 aliphatic heterocycles. The standard InChI is InChI=1S/C13H23NO3/c1-10-4-2-3-7-13(10,12(15)16)14-11-5-8-17-9-6-11/h10-11,14H,2-9H2,1H3,(H,15,16). The van der Waals surface area contributed by atoms with Crippen molar-refractivity contribution in [1.29, 1.82) is 0 Å². The number of nitrogens with one attached hydrogen (secondary N) is 1. The maximum absolute atomic E-state index is 11.7. The van der Waals surface area contributed by atoms with Gasteiger partial charge in [0, 0.05) is 19.3 Å². The van der Waals surface area contributed by atoms with E-state index in [0.717, 1.165) is 51.7 Å². The third-order valence-electron chi connectivity index (χ3n) is 4.36. The number of aliphatic carboxylic acids is 1. The topological polar surface area (TPSA) is 58.6 Å². The Morgan fingerprint density at radius 2 is 2.00 bits per heavy atom. The Balaban J connectivity index is 2.07. The van der Waals surface area contributed by atoms with Gasteiger partial charge in [-0.3, -0.25) is 10.1 Å². The Morgan fingerprint density at radius 1 is 1.29 bits per heavy atom. The van der Waals surface area contributed by atoms with Crippen LogP contribution in [0.5, 0.6) is 0 Å². The average molecular weight is 241 g/mol. The lowest BCUT2D eigenvalue weighted by molar-refractivity contribution is -0.150. The fraction of sp³-hybridized carbons (Fsp3) is 0.923. The number of hydrogen-bond acceptors (Lipinski definition) is 3. The van der Waals surface area contributed by atoms with Gasteiger partial charge < -0.3 is 9.84 Å². The third kappa shape index (κ3) is 2.63. The summed E-state index contributed by atoms with van der Waals surface area (Å²) in [5.41, 5.74) is -0.694. The minimum atomic E-state index is -0.694. The predicted molar refractivity (Wildman–Crippen MR) is 65.0 cm³/mol. The number of rotatable bonds is 3. The molecule has 0 aromatic rings. The van der Waals surface area contributed by atoms with Crippen LogP contribution in [-0.4, -0.2) is 35.9 Å². The second-order valence-electron chi connectivity index (χ2n) is 5.45. The molecule has 0 amide bonds. The Hall–Kier alpha value is -0.610. The first-order chi connectivity index (χ1) is 8.15. The minimum Gasteiger partial charge on any atom is -0.480 e. The van der Waals surface area contributed by atoms with Crippen LogP contribution in [0.2, 0.25) is 0 Å². The fourth-order valence-electron chi connectivity index (χ4n) is 3.15. The highest BCUT2D eigenvalue weighted by Gasteiger charge is 2.46. The molecular formula is C13H23NO3. The average Bonchev–Trinajstić information content (AvgIpc) is 2.33. The van der Waals surface area contributed by atoms with Crippen molar-refractivity contribution in [2.75, 3.05) is 13.2 Å². The molecule has 2 fully saturated rings. The van der Waals surface area contributed by atoms with Crippen molar-refractivity contribution in [3.05, 3.63) is 0 Å². The zero-order valence-corrected chi connectivity index (χ0v) is 10.6. The van der Waals surface area contributed by atoms with Crippen molar-refractivity contribution in [1.82, 2.24) is 5.32 Å². The Bertz CT molecular complexity index is 276. The molecule has 1 saturated heterocycles. The van der Waals surface area contributed by atoms with Crippen molar-refractivity contribution < 1.29 is 14.6 Å². The van der Waals surface area contributed by atoms with Crippen LogP contribution in [0.1, 0.15) is 45.4 Å². The molecule has 2 aliphatic rings. The van der Waals surface area contributed by atoms with Gasteiger partial charge in [0.15, 0.2) is 0 Å². The van der Waals surface area contributed by atoms with Gasteiger partial charge >= 0.3 is 5.97 Å². The van der Waals surface area contributed by atoms with E-state index < -0.39 is 11.5 Å². The quantitative estimate of drug-likeness (QED) is 0.791. The van der Waals surface area contributed by atoms with E-state index >= 15 is 0 Å². The van der Waals surface area contributed by atoms with Crippen molar-refractivity contribution in [2.45, 2.75) is 57.0 Å². The van der Waals surface area contributed by atoms with E-state index in [1.807, 2.05) is 0 Å². The minimum absolute atomic E-state index is 0.219. The van der Waals surface area contributed by atoms with E-state index in [-0.39, 0.29) is 5.92 Å². The molecule has 1 aliphatic carbocycles. The van der Waals surface area contributed by atoms with E-state index in [2.05, 4.69) is 12.2 Å². The monoisotopic (exact) mass is 241 g/mol. The van der Waals surface area contributed by atoms with Crippen LogP contribution in [-0.2, 0) is 9.53 Å². The number of carboxylic acid groups (broad SMARTS) is 1. The molecule has 2 unspecified atom stereocenters. The Morgan fingerprint density at radius 3 is 2.59 bits per heavy atom. The second kappa shape index (κ2) is 5.36. The van der Waals surface area contributed by atoms with Crippen molar-refractivity contribution in [3.8, 4) is 0 Å². The van der Waals surface area contributed by atoms with Crippen LogP contribution >= 0.6 is 0 Å². The molecule has 0 bridgehead atoms. The summed E-state index contributed by atoms with van der Waals surface area (Å²) in [7, 11) is 0. The van der Waals surface area contributed by atoms with Crippen LogP contribution in [0, 0.1) is 5.92 Å². The SMILES string of the molecule is CC1CCCCC1(NC1CCOCC1)C(=O)O. The maximum atomic E-state index is 11.7. The highest BCUT2D eigenvalue weighted by molar-refractivity contribution is 5.79. The Kier molecular flexibility index (Phi) is 4.05. The summed E-state index contributed by atoms with van der Waals surface area (Å²) in [6.07, 6.45) is 5.82. The maximum Gasteiger partial charge on any atom is 0.324 e. The van der Waals surface area contributed by atoms with E-state index in [1.165, 1.54) is 0 Å². The molecule has 1 heterocycles. The highest BCUT2D eigenvalue weighted by Crippen LogP contribution is 2.35. The first kappa shape index (κ1) is 12.8. The molecule has 0 radical (unpaired) electrons. The van der Waals surface area contributed by atoms with Crippen molar-refractivity contribution in [3.63, 3.8) is 0 Å². The van der Waals surface area contributed by atoms with Crippen molar-refractivity contribution >= 4 is 5.97 Å². The van der Waals surface area contributed by atoms with Gasteiger partial charge in [0.1, 0.15) is 5.54 Å². The molecule has 0 aromatic heterocycles. The smallest absolute Gasteiger partial charge is 0.324 e. The summed E-state index contributed by atoms with van der Waals surface area (Å²) in [4.78, 5) is 11.7. The van der Waals surface area contributed by atoms with Gasteiger partial charge in [-0.15, -0.1) is 0 Å². The van der Waals surface area contributed by atoms with E-state index in [1.54, 1.807) is 0 Å². The van der Waals surface area contributed by atoms with Crippen LogP contribution in [0.3, 0.4) is 0 Å². The molecule has 98 valence electrons. The fourth-order valence-corrected chi connectivity index (χ4v) is 3.15. The van der Waals surface area contributed by atoms with Gasteiger partial charge in [0.25, 0.3) is 0 Å². The second-order valence-corrected chi connectivity index (χ2v) is 5.45. The normalized spacial score (nSPS) is 35.7. The zero-order valence-electron chi connectivity index (χ0n) is 10.6. The van der Waals surface area contributed by atoms with Gasteiger partial charge in [-0.05, 0) is 31.6 Å². The molecule has 2 N–H and O–H groups in total. The van der Waals surface area contributed by atoms with Crippen LogP contribution in [0.4, 0.5) is 0 Å². The molecule has 2 rings (SSSR count). The molecule has 17 heavy (non-hydrogen) atoms. The van der Waals surface area contributed by atoms with Crippen LogP contribution in [0.25, 0.3) is 0 Å². The van der Waals surface area contributed by atoms with E-state index in [4.69, 9.17) is 4.74 Å². The van der Waals surface area contributed by atoms with Crippen LogP contribution < -0.4 is 5.32 Å². The largest absolute Gasteiger partial charge is 0.480 e. The summed E-state index contributed by atoms with van der Waals surface area (Å²) in [6.45, 7) is 3.57. The molecule has 1 saturated carbocycles. The summed E-state index contributed by atoms with van der Waals surface area (Å²) in [5.74, 6) is -0.451. The molecule has 4 nitrogen and oxygen atoms in total. The van der Waals surface area contributed by atoms with Gasteiger partial charge in [0.2, 0.25) is 0 Å². The summed E-state index contributed by atoms with van der Waals surface area (Å²) in [6, 6.07) is 0.306. The summed E-state index contributed by atoms with van der Waals surface area (Å²) in [5, 5.41) is 13.0. The van der Waals surface area contributed by atoms with Gasteiger partial charge in [-0.25, -0.2) is 0 Å². The molecule has 2 atom stereocenters. The molecule has 0 aromatic carbocycles. The first-order valence-corrected chi connectivity index (χ1v) is 6.74. The first-order valence-electron chi connectivity index (χ1n) is 6.74. The van der Waals surface area contributed by atoms with Crippen LogP contribution in [0.15, 0.2) is 0 Å². The molecule has 4 heteroatoms. The Labute approximate surface area is 103 Å². The van der Waals surface area contributed by atoms with E-state index in [0.29, 0.717) is 6.04 Å². The van der Waals surface area contributed by atoms with Gasteiger partial charge in [0.05, 0.1) is 0 Å². The zero-order chi connectivity index (χ0) is 12.3. The predicted octanol–water partition coefficient (Wildman–Crippen LogP) is 1.79. The lowest BCUT2D eigenvalue weighted by atomic mass is 9.73. The highest BCUT2D eigenvalue weighted by atomic mass is 16.5. The summed E-state index contributed by atoms with van der Waals surface area (Å²) < 4.78 is 5.32. The van der Waals surface area contributed by atoms with E-state index in [9.17, 15) is 9.90 Å². The molecule has 0 spiro atoms. The lowest BCUT2D eigenvalue weighted by Crippen LogP contribution is -2.61. The lowest BCUT2D eigenvalue weighted by Gasteiger charge is -2.43. The number of hydrogen-bond donors (Lipinski definition) is 2. The summed E-state index contributed by atoms with van der Waals surface area (Å²) >= 11 is 0. The van der Waals surface area contributed by atoms with Crippen molar-refractivity contribution in [2.24, 2.45) is 5.92 Å². The third-order valence-corrected chi connectivity index (χ3v) is 4.36. The number of carbonyl (C=O) groups is 1. The molecular weight excluding hydrogens is 218 g/mol. The number of ether oxygens (including phenoxy) is 1.